The van der Waals surface area contributed by atoms with Gasteiger partial charge in [0.1, 0.15) is 0 Å². The van der Waals surface area contributed by atoms with Gasteiger partial charge in [-0.25, -0.2) is 4.98 Å². The fourth-order valence-electron chi connectivity index (χ4n) is 2.33. The first kappa shape index (κ1) is 23.7. The second-order valence-electron chi connectivity index (χ2n) is 5.74. The number of rotatable bonds is 7. The quantitative estimate of drug-likeness (QED) is 0.328. The van der Waals surface area contributed by atoms with Crippen LogP contribution in [0.15, 0.2) is 34.6 Å². The van der Waals surface area contributed by atoms with Crippen molar-refractivity contribution < 1.29 is 13.2 Å². The number of alkyl halides is 3. The van der Waals surface area contributed by atoms with Crippen molar-refractivity contribution in [1.82, 2.24) is 15.6 Å². The zero-order valence-electron chi connectivity index (χ0n) is 15.3. The van der Waals surface area contributed by atoms with Gasteiger partial charge in [0.15, 0.2) is 5.96 Å². The van der Waals surface area contributed by atoms with Crippen molar-refractivity contribution >= 4 is 41.3 Å². The molecule has 0 atom stereocenters. The van der Waals surface area contributed by atoms with Gasteiger partial charge in [-0.15, -0.1) is 35.3 Å². The highest BCUT2D eigenvalue weighted by Crippen LogP contribution is 2.29. The van der Waals surface area contributed by atoms with Crippen molar-refractivity contribution in [2.24, 2.45) is 4.99 Å². The number of hydrogen-bond acceptors (Lipinski definition) is 3. The lowest BCUT2D eigenvalue weighted by Gasteiger charge is -2.12. The Kier molecular flexibility index (Phi) is 10.1. The molecule has 0 bridgehead atoms. The highest BCUT2D eigenvalue weighted by atomic mass is 127. The van der Waals surface area contributed by atoms with Crippen LogP contribution in [0, 0.1) is 6.92 Å². The van der Waals surface area contributed by atoms with E-state index in [-0.39, 0.29) is 24.0 Å². The summed E-state index contributed by atoms with van der Waals surface area (Å²) in [7, 11) is 0. The van der Waals surface area contributed by atoms with E-state index in [1.165, 1.54) is 12.1 Å². The molecule has 27 heavy (non-hydrogen) atoms. The Morgan fingerprint density at radius 3 is 2.41 bits per heavy atom. The average Bonchev–Trinajstić information content (AvgIpc) is 3.00. The predicted molar refractivity (Wildman–Crippen MR) is 115 cm³/mol. The minimum atomic E-state index is -4.29. The number of benzene rings is 1. The summed E-state index contributed by atoms with van der Waals surface area (Å²) in [5.74, 6) is 0.700. The van der Waals surface area contributed by atoms with Gasteiger partial charge in [-0.05, 0) is 38.0 Å². The highest BCUT2D eigenvalue weighted by Gasteiger charge is 2.29. The molecule has 1 aromatic heterocycles. The van der Waals surface area contributed by atoms with Crippen LogP contribution < -0.4 is 10.6 Å². The maximum absolute atomic E-state index is 12.6. The van der Waals surface area contributed by atoms with Gasteiger partial charge in [0.25, 0.3) is 0 Å². The molecule has 0 unspecified atom stereocenters. The Balaban J connectivity index is 0.00000364. The Morgan fingerprint density at radius 1 is 1.15 bits per heavy atom. The molecule has 2 aromatic rings. The third kappa shape index (κ3) is 8.46. The molecule has 9 heteroatoms. The van der Waals surface area contributed by atoms with Crippen LogP contribution in [0.25, 0.3) is 0 Å². The molecular formula is C18H24F3IN4S. The van der Waals surface area contributed by atoms with E-state index >= 15 is 0 Å². The number of halogens is 4. The highest BCUT2D eigenvalue weighted by molar-refractivity contribution is 14.0. The minimum absolute atomic E-state index is 0. The lowest BCUT2D eigenvalue weighted by Crippen LogP contribution is -2.38. The molecule has 150 valence electrons. The number of nitrogens with one attached hydrogen (secondary N) is 2. The van der Waals surface area contributed by atoms with Crippen LogP contribution in [-0.2, 0) is 19.0 Å². The molecule has 1 aromatic carbocycles. The zero-order valence-corrected chi connectivity index (χ0v) is 18.4. The lowest BCUT2D eigenvalue weighted by molar-refractivity contribution is -0.137. The Bertz CT molecular complexity index is 714. The van der Waals surface area contributed by atoms with Crippen molar-refractivity contribution in [3.63, 3.8) is 0 Å². The first-order valence-corrected chi connectivity index (χ1v) is 9.35. The summed E-state index contributed by atoms with van der Waals surface area (Å²) in [5.41, 5.74) is 1.26. The van der Waals surface area contributed by atoms with E-state index in [0.717, 1.165) is 41.4 Å². The molecule has 0 aliphatic heterocycles. The van der Waals surface area contributed by atoms with E-state index in [2.05, 4.69) is 20.6 Å². The van der Waals surface area contributed by atoms with Crippen molar-refractivity contribution in [3.05, 3.63) is 51.5 Å². The molecule has 0 saturated carbocycles. The Morgan fingerprint density at radius 2 is 1.85 bits per heavy atom. The van der Waals surface area contributed by atoms with E-state index in [0.29, 0.717) is 25.5 Å². The second kappa shape index (κ2) is 11.5. The van der Waals surface area contributed by atoms with E-state index in [1.807, 2.05) is 19.2 Å². The molecule has 0 amide bonds. The van der Waals surface area contributed by atoms with Crippen molar-refractivity contribution in [3.8, 4) is 0 Å². The number of aromatic nitrogens is 1. The van der Waals surface area contributed by atoms with Gasteiger partial charge in [0, 0.05) is 31.4 Å². The summed E-state index contributed by atoms with van der Waals surface area (Å²) >= 11 is 1.63. The summed E-state index contributed by atoms with van der Waals surface area (Å²) in [4.78, 5) is 8.91. The number of hydrogen-bond donors (Lipinski definition) is 2. The van der Waals surface area contributed by atoms with Gasteiger partial charge < -0.3 is 10.6 Å². The van der Waals surface area contributed by atoms with E-state index in [4.69, 9.17) is 0 Å². The molecule has 0 aliphatic carbocycles. The van der Waals surface area contributed by atoms with Gasteiger partial charge in [-0.3, -0.25) is 4.99 Å². The topological polar surface area (TPSA) is 49.3 Å². The van der Waals surface area contributed by atoms with Crippen LogP contribution in [-0.4, -0.2) is 30.6 Å². The number of nitrogens with zero attached hydrogens (tertiary/aromatic N) is 2. The SMILES string of the molecule is CCNC(=NCCc1csc(C)n1)NCCc1ccc(C(F)(F)F)cc1.I. The summed E-state index contributed by atoms with van der Waals surface area (Å²) in [5, 5.41) is 9.45. The lowest BCUT2D eigenvalue weighted by atomic mass is 10.1. The molecule has 1 heterocycles. The number of thiazole rings is 1. The molecule has 0 radical (unpaired) electrons. The van der Waals surface area contributed by atoms with Crippen LogP contribution >= 0.6 is 35.3 Å². The van der Waals surface area contributed by atoms with Crippen molar-refractivity contribution in [1.29, 1.82) is 0 Å². The number of aliphatic imine (C=N–C) groups is 1. The maximum Gasteiger partial charge on any atom is 0.416 e. The fourth-order valence-corrected chi connectivity index (χ4v) is 2.98. The molecule has 2 rings (SSSR count). The third-order valence-corrected chi connectivity index (χ3v) is 4.46. The first-order chi connectivity index (χ1) is 12.4. The molecule has 0 aliphatic rings. The smallest absolute Gasteiger partial charge is 0.357 e. The van der Waals surface area contributed by atoms with Crippen LogP contribution in [0.5, 0.6) is 0 Å². The molecule has 0 spiro atoms. The molecule has 0 fully saturated rings. The van der Waals surface area contributed by atoms with Crippen molar-refractivity contribution in [2.75, 3.05) is 19.6 Å². The Hall–Kier alpha value is -1.36. The molecule has 4 nitrogen and oxygen atoms in total. The summed E-state index contributed by atoms with van der Waals surface area (Å²) < 4.78 is 37.7. The summed E-state index contributed by atoms with van der Waals surface area (Å²) in [6.45, 7) is 5.91. The van der Waals surface area contributed by atoms with Crippen molar-refractivity contribution in [2.45, 2.75) is 32.9 Å². The molecule has 2 N–H and O–H groups in total. The van der Waals surface area contributed by atoms with Crippen LogP contribution in [0.1, 0.15) is 28.8 Å². The van der Waals surface area contributed by atoms with Gasteiger partial charge >= 0.3 is 6.18 Å². The van der Waals surface area contributed by atoms with E-state index in [9.17, 15) is 13.2 Å². The van der Waals surface area contributed by atoms with Crippen LogP contribution in [0.3, 0.4) is 0 Å². The fraction of sp³-hybridized carbons (Fsp3) is 0.444. The maximum atomic E-state index is 12.6. The Labute approximate surface area is 178 Å². The van der Waals surface area contributed by atoms with Gasteiger partial charge in [-0.1, -0.05) is 12.1 Å². The second-order valence-corrected chi connectivity index (χ2v) is 6.80. The normalized spacial score (nSPS) is 11.8. The zero-order chi connectivity index (χ0) is 19.0. The van der Waals surface area contributed by atoms with E-state index in [1.54, 1.807) is 11.3 Å². The summed E-state index contributed by atoms with van der Waals surface area (Å²) in [6.07, 6.45) is -2.90. The van der Waals surface area contributed by atoms with E-state index < -0.39 is 11.7 Å². The standard InChI is InChI=1S/C18H23F3N4S.HI/c1-3-22-17(24-11-9-16-12-26-13(2)25-16)23-10-8-14-4-6-15(7-5-14)18(19,20)21;/h4-7,12H,3,8-11H2,1-2H3,(H2,22,23,24);1H. The summed E-state index contributed by atoms with van der Waals surface area (Å²) in [6, 6.07) is 5.26. The predicted octanol–water partition coefficient (Wildman–Crippen LogP) is 4.43. The third-order valence-electron chi connectivity index (χ3n) is 3.64. The molecule has 0 saturated heterocycles. The minimum Gasteiger partial charge on any atom is -0.357 e. The largest absolute Gasteiger partial charge is 0.416 e. The van der Waals surface area contributed by atoms with Crippen LogP contribution in [0.4, 0.5) is 13.2 Å². The number of guanidine groups is 1. The monoisotopic (exact) mass is 512 g/mol. The average molecular weight is 512 g/mol. The molecular weight excluding hydrogens is 488 g/mol. The van der Waals surface area contributed by atoms with Crippen LogP contribution in [0.2, 0.25) is 0 Å². The first-order valence-electron chi connectivity index (χ1n) is 8.48. The van der Waals surface area contributed by atoms with Gasteiger partial charge in [0.2, 0.25) is 0 Å². The van der Waals surface area contributed by atoms with Gasteiger partial charge in [0.05, 0.1) is 16.3 Å². The van der Waals surface area contributed by atoms with Gasteiger partial charge in [-0.2, -0.15) is 13.2 Å². The number of aryl methyl sites for hydroxylation is 1.